The molecule has 1 heterocycles. The predicted octanol–water partition coefficient (Wildman–Crippen LogP) is 0.759. The molecule has 0 spiro atoms. The Hall–Kier alpha value is -1.42. The average molecular weight is 222 g/mol. The average Bonchev–Trinajstić information content (AvgIpc) is 2.32. The molecule has 0 fully saturated rings. The van der Waals surface area contributed by atoms with Gasteiger partial charge in [0.2, 0.25) is 5.91 Å². The Morgan fingerprint density at radius 3 is 2.94 bits per heavy atom. The number of aromatic nitrogens is 1. The molecule has 4 heteroatoms. The van der Waals surface area contributed by atoms with Crippen molar-refractivity contribution < 1.29 is 9.90 Å². The highest BCUT2D eigenvalue weighted by atomic mass is 16.3. The zero-order valence-corrected chi connectivity index (χ0v) is 9.52. The minimum absolute atomic E-state index is 0.0825. The molecular weight excluding hydrogens is 204 g/mol. The van der Waals surface area contributed by atoms with Gasteiger partial charge in [0.1, 0.15) is 0 Å². The molecular formula is C12H18N2O2. The van der Waals surface area contributed by atoms with Crippen LogP contribution in [-0.4, -0.2) is 29.1 Å². The van der Waals surface area contributed by atoms with Gasteiger partial charge in [-0.05, 0) is 18.6 Å². The van der Waals surface area contributed by atoms with E-state index in [2.05, 4.69) is 10.3 Å². The van der Waals surface area contributed by atoms with Gasteiger partial charge in [-0.3, -0.25) is 9.78 Å². The molecule has 1 unspecified atom stereocenters. The van der Waals surface area contributed by atoms with E-state index in [0.717, 1.165) is 5.69 Å². The fourth-order valence-electron chi connectivity index (χ4n) is 1.40. The number of carbonyl (C=O) groups excluding carboxylic acids is 1. The number of aliphatic hydroxyl groups is 1. The maximum absolute atomic E-state index is 11.5. The SMILES string of the molecule is CCC(CO)C(=O)NCCc1ccccn1. The lowest BCUT2D eigenvalue weighted by atomic mass is 10.1. The first-order chi connectivity index (χ1) is 7.77. The zero-order chi connectivity index (χ0) is 11.8. The molecule has 0 aliphatic rings. The van der Waals surface area contributed by atoms with Gasteiger partial charge in [0.05, 0.1) is 12.5 Å². The van der Waals surface area contributed by atoms with Crippen LogP contribution in [0, 0.1) is 5.92 Å². The maximum Gasteiger partial charge on any atom is 0.225 e. The lowest BCUT2D eigenvalue weighted by Crippen LogP contribution is -2.33. The van der Waals surface area contributed by atoms with Crippen molar-refractivity contribution in [2.75, 3.05) is 13.2 Å². The van der Waals surface area contributed by atoms with E-state index in [4.69, 9.17) is 5.11 Å². The van der Waals surface area contributed by atoms with Gasteiger partial charge in [0.25, 0.3) is 0 Å². The predicted molar refractivity (Wildman–Crippen MR) is 61.8 cm³/mol. The van der Waals surface area contributed by atoms with Gasteiger partial charge in [-0.15, -0.1) is 0 Å². The topological polar surface area (TPSA) is 62.2 Å². The third kappa shape index (κ3) is 3.98. The highest BCUT2D eigenvalue weighted by Crippen LogP contribution is 2.00. The molecule has 0 bridgehead atoms. The zero-order valence-electron chi connectivity index (χ0n) is 9.52. The van der Waals surface area contributed by atoms with Crippen LogP contribution in [0.3, 0.4) is 0 Å². The first-order valence-electron chi connectivity index (χ1n) is 5.56. The second kappa shape index (κ2) is 6.95. The Bertz CT molecular complexity index is 310. The first-order valence-corrected chi connectivity index (χ1v) is 5.56. The van der Waals surface area contributed by atoms with Gasteiger partial charge in [0.15, 0.2) is 0 Å². The van der Waals surface area contributed by atoms with Crippen LogP contribution in [0.25, 0.3) is 0 Å². The van der Waals surface area contributed by atoms with E-state index in [1.807, 2.05) is 25.1 Å². The van der Waals surface area contributed by atoms with E-state index < -0.39 is 0 Å². The minimum atomic E-state index is -0.288. The number of rotatable bonds is 6. The van der Waals surface area contributed by atoms with Gasteiger partial charge in [-0.1, -0.05) is 13.0 Å². The molecule has 1 atom stereocenters. The Labute approximate surface area is 95.7 Å². The molecule has 0 aliphatic heterocycles. The Balaban J connectivity index is 2.28. The number of hydrogen-bond donors (Lipinski definition) is 2. The number of hydrogen-bond acceptors (Lipinski definition) is 3. The standard InChI is InChI=1S/C12H18N2O2/c1-2-10(9-15)12(16)14-8-6-11-5-3-4-7-13-11/h3-5,7,10,15H,2,6,8-9H2,1H3,(H,14,16). The molecule has 88 valence electrons. The van der Waals surface area contributed by atoms with Crippen LogP contribution in [-0.2, 0) is 11.2 Å². The number of aliphatic hydroxyl groups excluding tert-OH is 1. The second-order valence-electron chi connectivity index (χ2n) is 3.65. The van der Waals surface area contributed by atoms with E-state index in [1.54, 1.807) is 6.20 Å². The number of nitrogens with zero attached hydrogens (tertiary/aromatic N) is 1. The molecule has 2 N–H and O–H groups in total. The largest absolute Gasteiger partial charge is 0.396 e. The highest BCUT2D eigenvalue weighted by molar-refractivity contribution is 5.78. The van der Waals surface area contributed by atoms with Crippen molar-refractivity contribution >= 4 is 5.91 Å². The number of pyridine rings is 1. The number of carbonyl (C=O) groups is 1. The van der Waals surface area contributed by atoms with Crippen molar-refractivity contribution in [1.29, 1.82) is 0 Å². The van der Waals surface area contributed by atoms with Crippen molar-refractivity contribution in [3.63, 3.8) is 0 Å². The van der Waals surface area contributed by atoms with Crippen LogP contribution in [0.2, 0.25) is 0 Å². The first kappa shape index (κ1) is 12.6. The summed E-state index contributed by atoms with van der Waals surface area (Å²) >= 11 is 0. The van der Waals surface area contributed by atoms with Crippen molar-refractivity contribution in [3.8, 4) is 0 Å². The van der Waals surface area contributed by atoms with Gasteiger partial charge >= 0.3 is 0 Å². The summed E-state index contributed by atoms with van der Waals surface area (Å²) in [5.41, 5.74) is 0.958. The van der Waals surface area contributed by atoms with Crippen molar-refractivity contribution in [2.24, 2.45) is 5.92 Å². The number of nitrogens with one attached hydrogen (secondary N) is 1. The number of amides is 1. The molecule has 0 saturated heterocycles. The third-order valence-electron chi connectivity index (χ3n) is 2.49. The summed E-state index contributed by atoms with van der Waals surface area (Å²) in [4.78, 5) is 15.7. The highest BCUT2D eigenvalue weighted by Gasteiger charge is 2.13. The van der Waals surface area contributed by atoms with Crippen LogP contribution in [0.15, 0.2) is 24.4 Å². The molecule has 0 aliphatic carbocycles. The Kier molecular flexibility index (Phi) is 5.50. The summed E-state index contributed by atoms with van der Waals surface area (Å²) in [7, 11) is 0. The summed E-state index contributed by atoms with van der Waals surface area (Å²) in [5, 5.41) is 11.7. The third-order valence-corrected chi connectivity index (χ3v) is 2.49. The fraction of sp³-hybridized carbons (Fsp3) is 0.500. The van der Waals surface area contributed by atoms with Crippen LogP contribution in [0.5, 0.6) is 0 Å². The van der Waals surface area contributed by atoms with Crippen LogP contribution in [0.4, 0.5) is 0 Å². The van der Waals surface area contributed by atoms with E-state index >= 15 is 0 Å². The molecule has 0 saturated carbocycles. The monoisotopic (exact) mass is 222 g/mol. The Morgan fingerprint density at radius 1 is 1.56 bits per heavy atom. The molecule has 0 aromatic carbocycles. The smallest absolute Gasteiger partial charge is 0.225 e. The van der Waals surface area contributed by atoms with E-state index in [1.165, 1.54) is 0 Å². The maximum atomic E-state index is 11.5. The quantitative estimate of drug-likeness (QED) is 0.747. The normalized spacial score (nSPS) is 12.1. The summed E-state index contributed by atoms with van der Waals surface area (Å²) in [6.45, 7) is 2.36. The van der Waals surface area contributed by atoms with Crippen molar-refractivity contribution in [2.45, 2.75) is 19.8 Å². The van der Waals surface area contributed by atoms with E-state index in [-0.39, 0.29) is 18.4 Å². The molecule has 1 aromatic rings. The van der Waals surface area contributed by atoms with Gasteiger partial charge in [-0.2, -0.15) is 0 Å². The van der Waals surface area contributed by atoms with Crippen LogP contribution >= 0.6 is 0 Å². The lowest BCUT2D eigenvalue weighted by molar-refractivity contribution is -0.126. The van der Waals surface area contributed by atoms with Crippen LogP contribution in [0.1, 0.15) is 19.0 Å². The van der Waals surface area contributed by atoms with Gasteiger partial charge in [-0.25, -0.2) is 0 Å². The summed E-state index contributed by atoms with van der Waals surface area (Å²) in [6, 6.07) is 5.71. The van der Waals surface area contributed by atoms with E-state index in [9.17, 15) is 4.79 Å². The summed E-state index contributed by atoms with van der Waals surface area (Å²) in [6.07, 6.45) is 3.11. The van der Waals surface area contributed by atoms with Crippen molar-refractivity contribution in [1.82, 2.24) is 10.3 Å². The lowest BCUT2D eigenvalue weighted by Gasteiger charge is -2.11. The molecule has 0 radical (unpaired) electrons. The van der Waals surface area contributed by atoms with Gasteiger partial charge in [0, 0.05) is 24.9 Å². The van der Waals surface area contributed by atoms with Gasteiger partial charge < -0.3 is 10.4 Å². The minimum Gasteiger partial charge on any atom is -0.396 e. The summed E-state index contributed by atoms with van der Waals surface area (Å²) in [5.74, 6) is -0.371. The molecule has 1 rings (SSSR count). The van der Waals surface area contributed by atoms with Crippen LogP contribution < -0.4 is 5.32 Å². The molecule has 1 amide bonds. The van der Waals surface area contributed by atoms with E-state index in [0.29, 0.717) is 19.4 Å². The molecule has 16 heavy (non-hydrogen) atoms. The Morgan fingerprint density at radius 2 is 2.38 bits per heavy atom. The summed E-state index contributed by atoms with van der Waals surface area (Å²) < 4.78 is 0. The van der Waals surface area contributed by atoms with Crippen molar-refractivity contribution in [3.05, 3.63) is 30.1 Å². The molecule has 1 aromatic heterocycles. The fourth-order valence-corrected chi connectivity index (χ4v) is 1.40. The second-order valence-corrected chi connectivity index (χ2v) is 3.65. The molecule has 4 nitrogen and oxygen atoms in total.